The fourth-order valence-corrected chi connectivity index (χ4v) is 5.95. The smallest absolute Gasteiger partial charge is 0.410 e. The Kier molecular flexibility index (Phi) is 14.1. The molecule has 0 bridgehead atoms. The van der Waals surface area contributed by atoms with Gasteiger partial charge in [-0.1, -0.05) is 72.8 Å². The van der Waals surface area contributed by atoms with Crippen molar-refractivity contribution in [3.05, 3.63) is 125 Å². The minimum atomic E-state index is -0.910. The number of aryl methyl sites for hydroxylation is 1. The molecule has 1 heterocycles. The predicted molar refractivity (Wildman–Crippen MR) is 192 cm³/mol. The summed E-state index contributed by atoms with van der Waals surface area (Å²) >= 11 is 0. The number of aliphatic carboxylic acids is 1. The van der Waals surface area contributed by atoms with Gasteiger partial charge in [0, 0.05) is 24.4 Å². The van der Waals surface area contributed by atoms with E-state index in [2.05, 4.69) is 12.1 Å². The molecule has 1 fully saturated rings. The van der Waals surface area contributed by atoms with Crippen molar-refractivity contribution in [2.75, 3.05) is 40.0 Å². The van der Waals surface area contributed by atoms with Crippen LogP contribution in [0.5, 0.6) is 17.2 Å². The molecule has 1 saturated heterocycles. The second-order valence-corrected chi connectivity index (χ2v) is 12.5. The van der Waals surface area contributed by atoms with E-state index in [1.54, 1.807) is 12.0 Å². The normalized spacial score (nSPS) is 15.6. The van der Waals surface area contributed by atoms with Crippen LogP contribution in [-0.2, 0) is 38.8 Å². The first-order chi connectivity index (χ1) is 24.9. The number of piperidine rings is 1. The molecular formula is C41H47NO9. The molecule has 51 heavy (non-hydrogen) atoms. The van der Waals surface area contributed by atoms with Crippen LogP contribution < -0.4 is 14.2 Å². The lowest BCUT2D eigenvalue weighted by molar-refractivity contribution is -0.137. The molecule has 270 valence electrons. The van der Waals surface area contributed by atoms with Crippen LogP contribution >= 0.6 is 0 Å². The van der Waals surface area contributed by atoms with Crippen LogP contribution in [-0.4, -0.2) is 68.2 Å². The number of para-hydroxylation sites is 1. The van der Waals surface area contributed by atoms with Crippen LogP contribution in [0.4, 0.5) is 4.79 Å². The molecule has 1 aliphatic rings. The van der Waals surface area contributed by atoms with Crippen molar-refractivity contribution in [1.29, 1.82) is 0 Å². The van der Waals surface area contributed by atoms with Gasteiger partial charge in [0.25, 0.3) is 0 Å². The number of ether oxygens (including phenoxy) is 6. The van der Waals surface area contributed by atoms with Gasteiger partial charge in [-0.2, -0.15) is 0 Å². The SMILES string of the molecule is COc1ccccc1COCCCOc1ccc(C2CCN(C(=O)OCc3ccccc3)CC2OCc2ccc(C)c(OCCC(=O)O)c2)cc1. The minimum absolute atomic E-state index is 0.0392. The summed E-state index contributed by atoms with van der Waals surface area (Å²) in [6.07, 6.45) is 0.700. The fraction of sp³-hybridized carbons (Fsp3) is 0.366. The Balaban J connectivity index is 1.17. The summed E-state index contributed by atoms with van der Waals surface area (Å²) < 4.78 is 35.2. The Hall–Kier alpha value is -5.06. The van der Waals surface area contributed by atoms with Gasteiger partial charge in [0.15, 0.2) is 0 Å². The molecule has 0 saturated carbocycles. The number of carbonyl (C=O) groups is 2. The van der Waals surface area contributed by atoms with Crippen molar-refractivity contribution in [2.45, 2.75) is 58.0 Å². The van der Waals surface area contributed by atoms with E-state index in [1.165, 1.54) is 0 Å². The molecule has 1 aliphatic heterocycles. The van der Waals surface area contributed by atoms with E-state index in [9.17, 15) is 9.59 Å². The topological polar surface area (TPSA) is 113 Å². The molecule has 1 amide bonds. The summed E-state index contributed by atoms with van der Waals surface area (Å²) in [6.45, 7) is 4.99. The number of nitrogens with zero attached hydrogens (tertiary/aromatic N) is 1. The molecule has 0 spiro atoms. The largest absolute Gasteiger partial charge is 0.496 e. The molecule has 0 aromatic heterocycles. The van der Waals surface area contributed by atoms with Gasteiger partial charge in [-0.25, -0.2) is 4.79 Å². The number of carbonyl (C=O) groups excluding carboxylic acids is 1. The second-order valence-electron chi connectivity index (χ2n) is 12.5. The first-order valence-corrected chi connectivity index (χ1v) is 17.3. The van der Waals surface area contributed by atoms with Gasteiger partial charge in [0.05, 0.1) is 59.2 Å². The fourth-order valence-electron chi connectivity index (χ4n) is 5.95. The molecule has 0 aliphatic carbocycles. The van der Waals surface area contributed by atoms with Crippen LogP contribution in [0.1, 0.15) is 53.0 Å². The third-order valence-electron chi connectivity index (χ3n) is 8.77. The lowest BCUT2D eigenvalue weighted by Crippen LogP contribution is -2.47. The quantitative estimate of drug-likeness (QED) is 0.105. The zero-order valence-electron chi connectivity index (χ0n) is 29.3. The van der Waals surface area contributed by atoms with Gasteiger partial charge < -0.3 is 38.4 Å². The van der Waals surface area contributed by atoms with E-state index in [-0.39, 0.29) is 37.7 Å². The predicted octanol–water partition coefficient (Wildman–Crippen LogP) is 7.55. The zero-order valence-corrected chi connectivity index (χ0v) is 29.3. The first kappa shape index (κ1) is 37.2. The maximum Gasteiger partial charge on any atom is 0.410 e. The second kappa shape index (κ2) is 19.4. The highest BCUT2D eigenvalue weighted by atomic mass is 16.6. The number of hydrogen-bond acceptors (Lipinski definition) is 8. The van der Waals surface area contributed by atoms with Gasteiger partial charge in [-0.05, 0) is 59.9 Å². The van der Waals surface area contributed by atoms with Crippen molar-refractivity contribution in [3.63, 3.8) is 0 Å². The Labute approximate surface area is 299 Å². The molecule has 10 nitrogen and oxygen atoms in total. The number of rotatable bonds is 18. The number of carboxylic acids is 1. The average molecular weight is 698 g/mol. The average Bonchev–Trinajstić information content (AvgIpc) is 3.16. The molecule has 0 radical (unpaired) electrons. The molecule has 10 heteroatoms. The maximum absolute atomic E-state index is 13.1. The number of benzene rings is 4. The number of methoxy groups -OCH3 is 1. The van der Waals surface area contributed by atoms with E-state index in [4.69, 9.17) is 33.5 Å². The summed E-state index contributed by atoms with van der Waals surface area (Å²) in [5.41, 5.74) is 4.85. The summed E-state index contributed by atoms with van der Waals surface area (Å²) in [5.74, 6) is 1.35. The van der Waals surface area contributed by atoms with E-state index in [0.717, 1.165) is 45.7 Å². The third-order valence-corrected chi connectivity index (χ3v) is 8.77. The van der Waals surface area contributed by atoms with Crippen molar-refractivity contribution < 1.29 is 43.1 Å². The van der Waals surface area contributed by atoms with Crippen LogP contribution in [0.3, 0.4) is 0 Å². The molecule has 4 aromatic carbocycles. The van der Waals surface area contributed by atoms with Crippen molar-refractivity contribution in [2.24, 2.45) is 0 Å². The van der Waals surface area contributed by atoms with Crippen LogP contribution in [0.15, 0.2) is 97.1 Å². The van der Waals surface area contributed by atoms with Crippen molar-refractivity contribution >= 4 is 12.1 Å². The zero-order chi connectivity index (χ0) is 35.8. The van der Waals surface area contributed by atoms with Crippen molar-refractivity contribution in [3.8, 4) is 17.2 Å². The molecule has 5 rings (SSSR count). The summed E-state index contributed by atoms with van der Waals surface area (Å²) in [5, 5.41) is 8.99. The Morgan fingerprint density at radius 1 is 0.804 bits per heavy atom. The van der Waals surface area contributed by atoms with Gasteiger partial charge in [0.1, 0.15) is 23.9 Å². The maximum atomic E-state index is 13.1. The summed E-state index contributed by atoms with van der Waals surface area (Å²) in [4.78, 5) is 25.8. The number of amides is 1. The van der Waals surface area contributed by atoms with Crippen LogP contribution in [0.25, 0.3) is 0 Å². The highest BCUT2D eigenvalue weighted by Gasteiger charge is 2.34. The Morgan fingerprint density at radius 3 is 2.37 bits per heavy atom. The van der Waals surface area contributed by atoms with Crippen molar-refractivity contribution in [1.82, 2.24) is 4.90 Å². The summed E-state index contributed by atoms with van der Waals surface area (Å²) in [6, 6.07) is 31.3. The lowest BCUT2D eigenvalue weighted by Gasteiger charge is -2.38. The highest BCUT2D eigenvalue weighted by molar-refractivity contribution is 5.68. The van der Waals surface area contributed by atoms with E-state index >= 15 is 0 Å². The summed E-state index contributed by atoms with van der Waals surface area (Å²) in [7, 11) is 1.66. The first-order valence-electron chi connectivity index (χ1n) is 17.3. The van der Waals surface area contributed by atoms with Crippen LogP contribution in [0, 0.1) is 6.92 Å². The van der Waals surface area contributed by atoms with E-state index in [1.807, 2.05) is 91.9 Å². The standard InChI is InChI=1S/C41H47NO9/c1-30-13-14-32(25-38(30)49-24-20-40(43)44)28-50-39-26-42(41(45)51-27-31-9-4-3-5-10-31)21-19-36(39)33-15-17-35(18-16-33)48-23-8-22-47-29-34-11-6-7-12-37(34)46-2/h3-7,9-18,25,36,39H,8,19-24,26-29H2,1-2H3,(H,43,44). The molecule has 1 N–H and O–H groups in total. The van der Waals surface area contributed by atoms with E-state index < -0.39 is 5.97 Å². The van der Waals surface area contributed by atoms with Crippen LogP contribution in [0.2, 0.25) is 0 Å². The van der Waals surface area contributed by atoms with Gasteiger partial charge in [0.2, 0.25) is 0 Å². The number of hydrogen-bond donors (Lipinski definition) is 1. The minimum Gasteiger partial charge on any atom is -0.496 e. The Morgan fingerprint density at radius 2 is 1.59 bits per heavy atom. The molecule has 2 atom stereocenters. The monoisotopic (exact) mass is 697 g/mol. The Bertz CT molecular complexity index is 1680. The highest BCUT2D eigenvalue weighted by Crippen LogP contribution is 2.33. The van der Waals surface area contributed by atoms with E-state index in [0.29, 0.717) is 51.7 Å². The molecule has 4 aromatic rings. The van der Waals surface area contributed by atoms with Gasteiger partial charge in [-0.15, -0.1) is 0 Å². The van der Waals surface area contributed by atoms with Gasteiger partial charge in [-0.3, -0.25) is 4.79 Å². The number of likely N-dealkylation sites (tertiary alicyclic amines) is 1. The third kappa shape index (κ3) is 11.5. The molecular weight excluding hydrogens is 650 g/mol. The lowest BCUT2D eigenvalue weighted by atomic mass is 9.87. The molecule has 2 unspecified atom stereocenters. The number of carboxylic acid groups (broad SMARTS) is 1. The van der Waals surface area contributed by atoms with Gasteiger partial charge >= 0.3 is 12.1 Å².